The molecule has 0 aromatic carbocycles. The molecule has 0 bridgehead atoms. The number of fused-ring (bicyclic) bond motifs is 1. The topological polar surface area (TPSA) is 235 Å². The van der Waals surface area contributed by atoms with Crippen LogP contribution in [0.1, 0.15) is 38.6 Å². The molecule has 4 heterocycles. The maximum Gasteiger partial charge on any atom is 0.350 e. The van der Waals surface area contributed by atoms with Crippen molar-refractivity contribution < 1.29 is 38.9 Å². The molecule has 4 rings (SSSR count). The van der Waals surface area contributed by atoms with Crippen molar-refractivity contribution in [3.63, 3.8) is 0 Å². The standard InChI is InChI=1S/C23H29N9O7S2/c1-5-6-10-7-31(30(4)15(10)24)8-11-9-40-19-13(18(34)32(19)14(11)20(35)36)26-17(33)12(16-27-22(25)41-29-16)28-39-23(2,3)21(37)38/h7,13,19,24H,5-6,8-9H2,1-4H3,(H5,25,26,27,29,33,35,36,37,38)/b28-12-/t13-,19-/m1/s1. The van der Waals surface area contributed by atoms with Crippen molar-refractivity contribution in [3.8, 4) is 0 Å². The van der Waals surface area contributed by atoms with Gasteiger partial charge in [0, 0.05) is 22.9 Å². The summed E-state index contributed by atoms with van der Waals surface area (Å²) in [5, 5.41) is 26.9. The van der Waals surface area contributed by atoms with Gasteiger partial charge in [-0.15, -0.1) is 21.1 Å². The zero-order valence-corrected chi connectivity index (χ0v) is 24.2. The van der Waals surface area contributed by atoms with Crippen LogP contribution in [0.2, 0.25) is 0 Å². The Bertz CT molecular complexity index is 1480. The van der Waals surface area contributed by atoms with Gasteiger partial charge in [0.1, 0.15) is 11.4 Å². The van der Waals surface area contributed by atoms with Crippen LogP contribution in [-0.2, 0) is 44.0 Å². The van der Waals surface area contributed by atoms with Crippen LogP contribution in [0.25, 0.3) is 0 Å². The third-order valence-corrected chi connectivity index (χ3v) is 8.40. The van der Waals surface area contributed by atoms with Crippen LogP contribution in [0.5, 0.6) is 0 Å². The Morgan fingerprint density at radius 2 is 2.07 bits per heavy atom. The second-order valence-electron chi connectivity index (χ2n) is 9.81. The van der Waals surface area contributed by atoms with Gasteiger partial charge in [-0.3, -0.25) is 14.5 Å². The largest absolute Gasteiger partial charge is 0.543 e. The number of aryl methyl sites for hydroxylation is 1. The van der Waals surface area contributed by atoms with Crippen molar-refractivity contribution in [2.45, 2.75) is 57.2 Å². The maximum atomic E-state index is 13.2. The van der Waals surface area contributed by atoms with E-state index in [1.807, 2.05) is 13.1 Å². The van der Waals surface area contributed by atoms with Crippen LogP contribution in [0, 0.1) is 0 Å². The molecular weight excluding hydrogens is 578 g/mol. The van der Waals surface area contributed by atoms with Crippen molar-refractivity contribution in [1.82, 2.24) is 24.3 Å². The summed E-state index contributed by atoms with van der Waals surface area (Å²) >= 11 is 2.04. The SMILES string of the molecule is CCCc1c[n+](CC2=C(C(=O)[O-])N3C(=O)[C@@H](NC(=O)/C(=N\OC(C)(C)C(=O)O)c4nsc(N)n4)[C@H]3SC2)n(C)c1N. The molecule has 6 N–H and O–H groups in total. The molecule has 41 heavy (non-hydrogen) atoms. The summed E-state index contributed by atoms with van der Waals surface area (Å²) < 4.78 is 7.42. The summed E-state index contributed by atoms with van der Waals surface area (Å²) in [5.74, 6) is -3.90. The molecule has 2 amide bonds. The van der Waals surface area contributed by atoms with Gasteiger partial charge in [-0.25, -0.2) is 4.79 Å². The lowest BCUT2D eigenvalue weighted by molar-refractivity contribution is -0.765. The Morgan fingerprint density at radius 1 is 1.37 bits per heavy atom. The van der Waals surface area contributed by atoms with Crippen molar-refractivity contribution in [1.29, 1.82) is 0 Å². The molecule has 0 spiro atoms. The molecule has 1 saturated heterocycles. The van der Waals surface area contributed by atoms with Gasteiger partial charge in [-0.2, -0.15) is 9.36 Å². The van der Waals surface area contributed by atoms with E-state index < -0.39 is 46.5 Å². The smallest absolute Gasteiger partial charge is 0.350 e. The molecule has 0 saturated carbocycles. The highest BCUT2D eigenvalue weighted by molar-refractivity contribution is 8.00. The van der Waals surface area contributed by atoms with E-state index in [1.54, 1.807) is 16.4 Å². The van der Waals surface area contributed by atoms with E-state index in [-0.39, 0.29) is 29.0 Å². The number of nitrogens with two attached hydrogens (primary N) is 2. The van der Waals surface area contributed by atoms with E-state index in [1.165, 1.54) is 25.6 Å². The molecule has 0 aliphatic carbocycles. The Kier molecular flexibility index (Phi) is 8.25. The molecule has 1 fully saturated rings. The fourth-order valence-corrected chi connectivity index (χ4v) is 5.97. The Hall–Kier alpha value is -4.19. The normalized spacial score (nSPS) is 19.1. The quantitative estimate of drug-likeness (QED) is 0.0937. The lowest BCUT2D eigenvalue weighted by Crippen LogP contribution is -2.71. The molecule has 2 atom stereocenters. The minimum atomic E-state index is -1.79. The minimum Gasteiger partial charge on any atom is -0.543 e. The first-order valence-corrected chi connectivity index (χ1v) is 14.2. The highest BCUT2D eigenvalue weighted by Crippen LogP contribution is 2.40. The fraction of sp³-hybridized carbons (Fsp3) is 0.478. The number of carbonyl (C=O) groups excluding carboxylic acids is 3. The van der Waals surface area contributed by atoms with Crippen molar-refractivity contribution in [2.24, 2.45) is 12.2 Å². The lowest BCUT2D eigenvalue weighted by atomic mass is 10.0. The number of hydrogen-bond acceptors (Lipinski definition) is 13. The van der Waals surface area contributed by atoms with E-state index >= 15 is 0 Å². The summed E-state index contributed by atoms with van der Waals surface area (Å²) in [5.41, 5.74) is 10.6. The number of nitrogen functional groups attached to an aromatic ring is 2. The first kappa shape index (κ1) is 29.8. The number of thioether (sulfide) groups is 1. The van der Waals surface area contributed by atoms with E-state index in [0.717, 1.165) is 34.8 Å². The second kappa shape index (κ2) is 11.4. The van der Waals surface area contributed by atoms with Crippen LogP contribution < -0.4 is 26.6 Å². The summed E-state index contributed by atoms with van der Waals surface area (Å²) in [4.78, 5) is 60.0. The van der Waals surface area contributed by atoms with Crippen LogP contribution in [0.4, 0.5) is 10.9 Å². The maximum absolute atomic E-state index is 13.2. The second-order valence-corrected chi connectivity index (χ2v) is 11.7. The van der Waals surface area contributed by atoms with Gasteiger partial charge in [-0.05, 0) is 20.3 Å². The number of aromatic nitrogens is 4. The Balaban J connectivity index is 1.56. The molecule has 18 heteroatoms. The lowest BCUT2D eigenvalue weighted by Gasteiger charge is -2.50. The number of nitrogens with zero attached hydrogens (tertiary/aromatic N) is 6. The molecule has 2 aliphatic heterocycles. The number of oxime groups is 1. The van der Waals surface area contributed by atoms with E-state index in [0.29, 0.717) is 11.4 Å². The van der Waals surface area contributed by atoms with Gasteiger partial charge in [0.05, 0.1) is 24.3 Å². The van der Waals surface area contributed by atoms with Crippen LogP contribution in [0.15, 0.2) is 22.6 Å². The third kappa shape index (κ3) is 5.69. The molecule has 2 aromatic rings. The number of hydrogen-bond donors (Lipinski definition) is 4. The molecule has 220 valence electrons. The van der Waals surface area contributed by atoms with Crippen LogP contribution in [0.3, 0.4) is 0 Å². The average molecular weight is 608 g/mol. The van der Waals surface area contributed by atoms with E-state index in [9.17, 15) is 29.4 Å². The number of carboxylic acid groups (broad SMARTS) is 2. The fourth-order valence-electron chi connectivity index (χ4n) is 4.20. The van der Waals surface area contributed by atoms with Crippen molar-refractivity contribution in [2.75, 3.05) is 17.2 Å². The molecule has 0 unspecified atom stereocenters. The first-order chi connectivity index (χ1) is 19.3. The first-order valence-electron chi connectivity index (χ1n) is 12.4. The summed E-state index contributed by atoms with van der Waals surface area (Å²) in [6, 6.07) is -1.12. The van der Waals surface area contributed by atoms with Crippen LogP contribution in [-0.4, -0.2) is 76.3 Å². The number of nitrogens with one attached hydrogen (secondary N) is 1. The highest BCUT2D eigenvalue weighted by Gasteiger charge is 2.53. The number of amides is 2. The number of carboxylic acids is 2. The van der Waals surface area contributed by atoms with Gasteiger partial charge in [0.2, 0.25) is 23.3 Å². The van der Waals surface area contributed by atoms with Gasteiger partial charge in [0.25, 0.3) is 11.8 Å². The highest BCUT2D eigenvalue weighted by atomic mass is 32.2. The average Bonchev–Trinajstić information content (AvgIpc) is 3.45. The van der Waals surface area contributed by atoms with E-state index in [4.69, 9.17) is 16.3 Å². The molecule has 0 radical (unpaired) electrons. The summed E-state index contributed by atoms with van der Waals surface area (Å²) in [6.45, 7) is 4.64. The van der Waals surface area contributed by atoms with Gasteiger partial charge in [-0.1, -0.05) is 18.5 Å². The molecule has 16 nitrogen and oxygen atoms in total. The Morgan fingerprint density at radius 3 is 2.66 bits per heavy atom. The number of anilines is 2. The van der Waals surface area contributed by atoms with Gasteiger partial charge >= 0.3 is 5.97 Å². The minimum absolute atomic E-state index is 0.0163. The predicted molar refractivity (Wildman–Crippen MR) is 145 cm³/mol. The summed E-state index contributed by atoms with van der Waals surface area (Å²) in [6.07, 6.45) is 3.50. The van der Waals surface area contributed by atoms with Gasteiger partial charge < -0.3 is 36.6 Å². The monoisotopic (exact) mass is 607 g/mol. The van der Waals surface area contributed by atoms with E-state index in [2.05, 4.69) is 19.8 Å². The van der Waals surface area contributed by atoms with Crippen molar-refractivity contribution >= 4 is 63.7 Å². The number of aliphatic carboxylic acids is 2. The number of rotatable bonds is 11. The van der Waals surface area contributed by atoms with Crippen molar-refractivity contribution in [3.05, 3.63) is 28.9 Å². The molecular formula is C23H29N9O7S2. The third-order valence-electron chi connectivity index (χ3n) is 6.52. The number of β-lactam (4-membered cyclic amide) rings is 1. The Labute approximate surface area is 242 Å². The predicted octanol–water partition coefficient (Wildman–Crippen LogP) is -2.03. The zero-order chi connectivity index (χ0) is 30.2. The summed E-state index contributed by atoms with van der Waals surface area (Å²) in [7, 11) is 1.76. The zero-order valence-electron chi connectivity index (χ0n) is 22.6. The molecule has 2 aliphatic rings. The molecule has 2 aromatic heterocycles. The van der Waals surface area contributed by atoms with Crippen LogP contribution >= 0.6 is 23.3 Å². The number of carbonyl (C=O) groups is 4. The van der Waals surface area contributed by atoms with Gasteiger partial charge in [0.15, 0.2) is 17.5 Å².